The summed E-state index contributed by atoms with van der Waals surface area (Å²) in [6.45, 7) is 1.30. The van der Waals surface area contributed by atoms with Crippen LogP contribution in [0, 0.1) is 11.3 Å². The number of rotatable bonds is 2. The summed E-state index contributed by atoms with van der Waals surface area (Å²) in [6.07, 6.45) is 1.77. The Hall–Kier alpha value is -4.11. The molecule has 0 bridgehead atoms. The van der Waals surface area contributed by atoms with Crippen molar-refractivity contribution in [1.82, 2.24) is 9.55 Å². The van der Waals surface area contributed by atoms with E-state index in [2.05, 4.69) is 4.98 Å². The van der Waals surface area contributed by atoms with E-state index in [0.717, 1.165) is 21.0 Å². The van der Waals surface area contributed by atoms with Crippen LogP contribution in [0.5, 0.6) is 0 Å². The molecular weight excluding hydrogens is 352 g/mol. The maximum Gasteiger partial charge on any atom is 0.276 e. The van der Waals surface area contributed by atoms with E-state index in [1.165, 1.54) is 6.92 Å². The minimum Gasteiger partial charge on any atom is -0.399 e. The second kappa shape index (κ2) is 6.56. The normalized spacial score (nSPS) is 10.7. The molecule has 28 heavy (non-hydrogen) atoms. The Bertz CT molecular complexity index is 1340. The van der Waals surface area contributed by atoms with Gasteiger partial charge < -0.3 is 10.7 Å². The Morgan fingerprint density at radius 3 is 2.61 bits per heavy atom. The lowest BCUT2D eigenvalue weighted by Gasteiger charge is -2.14. The molecule has 2 heterocycles. The summed E-state index contributed by atoms with van der Waals surface area (Å²) in [5.74, 6) is -0.468. The quantitative estimate of drug-likeness (QED) is 0.525. The fourth-order valence-electron chi connectivity index (χ4n) is 3.45. The standard InChI is InChI=1S/C22H16N4O2/c1-13(27)26-21(14-5-4-6-15(24)9-14)10-17(18(11-23)22(26)28)19-12-25-20-8-3-2-7-16(19)20/h2-10,12,25H,24H2,1H3. The molecule has 6 nitrogen and oxygen atoms in total. The number of fused-ring (bicyclic) bond motifs is 1. The highest BCUT2D eigenvalue weighted by atomic mass is 16.2. The molecule has 0 amide bonds. The van der Waals surface area contributed by atoms with Gasteiger partial charge in [0.2, 0.25) is 5.91 Å². The number of nitriles is 1. The van der Waals surface area contributed by atoms with Crippen LogP contribution >= 0.6 is 0 Å². The SMILES string of the molecule is CC(=O)n1c(-c2cccc(N)c2)cc(-c2c[nH]c3ccccc23)c(C#N)c1=O. The number of aromatic amines is 1. The molecule has 2 aromatic carbocycles. The van der Waals surface area contributed by atoms with Crippen molar-refractivity contribution in [1.29, 1.82) is 5.26 Å². The average Bonchev–Trinajstić information content (AvgIpc) is 3.11. The maximum absolute atomic E-state index is 13.1. The molecule has 2 aromatic heterocycles. The summed E-state index contributed by atoms with van der Waals surface area (Å²) in [5, 5.41) is 10.6. The van der Waals surface area contributed by atoms with Gasteiger partial charge in [-0.2, -0.15) is 5.26 Å². The first-order chi connectivity index (χ1) is 13.5. The summed E-state index contributed by atoms with van der Waals surface area (Å²) in [5.41, 5.74) is 8.79. The number of hydrogen-bond donors (Lipinski definition) is 2. The molecule has 0 atom stereocenters. The summed E-state index contributed by atoms with van der Waals surface area (Å²) >= 11 is 0. The number of aromatic nitrogens is 2. The van der Waals surface area contributed by atoms with Gasteiger partial charge in [0, 0.05) is 46.4 Å². The zero-order valence-electron chi connectivity index (χ0n) is 15.1. The maximum atomic E-state index is 13.1. The number of benzene rings is 2. The molecule has 3 N–H and O–H groups in total. The van der Waals surface area contributed by atoms with E-state index in [-0.39, 0.29) is 5.56 Å². The number of carbonyl (C=O) groups is 1. The van der Waals surface area contributed by atoms with Crippen molar-refractivity contribution in [3.8, 4) is 28.5 Å². The number of pyridine rings is 1. The lowest BCUT2D eigenvalue weighted by Crippen LogP contribution is -2.29. The molecule has 0 fully saturated rings. The van der Waals surface area contributed by atoms with Crippen molar-refractivity contribution in [3.05, 3.63) is 76.7 Å². The largest absolute Gasteiger partial charge is 0.399 e. The van der Waals surface area contributed by atoms with Crippen LogP contribution in [0.25, 0.3) is 33.3 Å². The van der Waals surface area contributed by atoms with E-state index in [9.17, 15) is 14.9 Å². The van der Waals surface area contributed by atoms with Crippen molar-refractivity contribution in [2.45, 2.75) is 6.92 Å². The predicted octanol–water partition coefficient (Wildman–Crippen LogP) is 3.78. The van der Waals surface area contributed by atoms with Crippen LogP contribution in [0.4, 0.5) is 5.69 Å². The van der Waals surface area contributed by atoms with Crippen LogP contribution in [0.1, 0.15) is 17.3 Å². The minimum atomic E-state index is -0.643. The first-order valence-electron chi connectivity index (χ1n) is 8.64. The second-order valence-electron chi connectivity index (χ2n) is 6.46. The third-order valence-corrected chi connectivity index (χ3v) is 4.70. The number of nitrogen functional groups attached to an aromatic ring is 1. The molecule has 0 radical (unpaired) electrons. The van der Waals surface area contributed by atoms with Crippen LogP contribution in [0.2, 0.25) is 0 Å². The van der Waals surface area contributed by atoms with Gasteiger partial charge in [-0.3, -0.25) is 9.59 Å². The Balaban J connectivity index is 2.12. The van der Waals surface area contributed by atoms with Gasteiger partial charge in [-0.1, -0.05) is 30.3 Å². The van der Waals surface area contributed by atoms with Crippen molar-refractivity contribution >= 4 is 22.5 Å². The molecule has 0 saturated heterocycles. The molecule has 0 saturated carbocycles. The zero-order valence-corrected chi connectivity index (χ0v) is 15.1. The summed E-state index contributed by atoms with van der Waals surface area (Å²) < 4.78 is 1.02. The number of nitrogens with zero attached hydrogens (tertiary/aromatic N) is 2. The third kappa shape index (κ3) is 2.66. The van der Waals surface area contributed by atoms with E-state index in [1.807, 2.05) is 30.3 Å². The van der Waals surface area contributed by atoms with E-state index in [1.54, 1.807) is 36.5 Å². The van der Waals surface area contributed by atoms with Crippen LogP contribution in [-0.2, 0) is 0 Å². The van der Waals surface area contributed by atoms with E-state index < -0.39 is 11.5 Å². The second-order valence-corrected chi connectivity index (χ2v) is 6.46. The monoisotopic (exact) mass is 368 g/mol. The first kappa shape index (κ1) is 17.3. The number of H-pyrrole nitrogens is 1. The highest BCUT2D eigenvalue weighted by molar-refractivity contribution is 5.98. The molecule has 136 valence electrons. The predicted molar refractivity (Wildman–Crippen MR) is 109 cm³/mol. The summed E-state index contributed by atoms with van der Waals surface area (Å²) in [4.78, 5) is 28.4. The lowest BCUT2D eigenvalue weighted by molar-refractivity contribution is 0.0934. The Labute approximate surface area is 160 Å². The van der Waals surface area contributed by atoms with Crippen molar-refractivity contribution in [2.24, 2.45) is 0 Å². The summed E-state index contributed by atoms with van der Waals surface area (Å²) in [6, 6.07) is 18.3. The van der Waals surface area contributed by atoms with Crippen LogP contribution < -0.4 is 11.3 Å². The van der Waals surface area contributed by atoms with Gasteiger partial charge in [0.25, 0.3) is 5.56 Å². The fourth-order valence-corrected chi connectivity index (χ4v) is 3.45. The minimum absolute atomic E-state index is 0.0763. The van der Waals surface area contributed by atoms with Gasteiger partial charge in [-0.25, -0.2) is 4.57 Å². The smallest absolute Gasteiger partial charge is 0.276 e. The Kier molecular flexibility index (Phi) is 4.06. The molecule has 0 unspecified atom stereocenters. The van der Waals surface area contributed by atoms with Crippen molar-refractivity contribution < 1.29 is 4.79 Å². The topological polar surface area (TPSA) is 105 Å². The highest BCUT2D eigenvalue weighted by Crippen LogP contribution is 2.33. The van der Waals surface area contributed by atoms with Gasteiger partial charge >= 0.3 is 0 Å². The highest BCUT2D eigenvalue weighted by Gasteiger charge is 2.21. The molecule has 4 rings (SSSR count). The number of hydrogen-bond acceptors (Lipinski definition) is 4. The molecule has 4 aromatic rings. The van der Waals surface area contributed by atoms with Gasteiger partial charge in [-0.05, 0) is 24.3 Å². The Morgan fingerprint density at radius 2 is 1.89 bits per heavy atom. The van der Waals surface area contributed by atoms with E-state index >= 15 is 0 Å². The van der Waals surface area contributed by atoms with E-state index in [0.29, 0.717) is 22.5 Å². The number of nitrogens with two attached hydrogens (primary N) is 1. The van der Waals surface area contributed by atoms with Crippen molar-refractivity contribution in [2.75, 3.05) is 5.73 Å². The van der Waals surface area contributed by atoms with Crippen molar-refractivity contribution in [3.63, 3.8) is 0 Å². The molecule has 0 aliphatic rings. The lowest BCUT2D eigenvalue weighted by atomic mass is 9.98. The van der Waals surface area contributed by atoms with Crippen LogP contribution in [0.3, 0.4) is 0 Å². The van der Waals surface area contributed by atoms with Gasteiger partial charge in [0.1, 0.15) is 11.6 Å². The summed E-state index contributed by atoms with van der Waals surface area (Å²) in [7, 11) is 0. The number of nitrogens with one attached hydrogen (secondary N) is 1. The van der Waals surface area contributed by atoms with Crippen LogP contribution in [0.15, 0.2) is 65.6 Å². The van der Waals surface area contributed by atoms with Crippen LogP contribution in [-0.4, -0.2) is 15.5 Å². The number of para-hydroxylation sites is 1. The third-order valence-electron chi connectivity index (χ3n) is 4.70. The molecule has 0 spiro atoms. The van der Waals surface area contributed by atoms with E-state index in [4.69, 9.17) is 5.73 Å². The fraction of sp³-hybridized carbons (Fsp3) is 0.0455. The zero-order chi connectivity index (χ0) is 19.8. The van der Waals surface area contributed by atoms with Gasteiger partial charge in [-0.15, -0.1) is 0 Å². The number of anilines is 1. The molecule has 6 heteroatoms. The molecule has 0 aliphatic carbocycles. The molecule has 0 aliphatic heterocycles. The van der Waals surface area contributed by atoms with Gasteiger partial charge in [0.05, 0.1) is 5.69 Å². The first-order valence-corrected chi connectivity index (χ1v) is 8.64. The number of carbonyl (C=O) groups excluding carboxylic acids is 1. The average molecular weight is 368 g/mol. The van der Waals surface area contributed by atoms with Gasteiger partial charge in [0.15, 0.2) is 0 Å². The Morgan fingerprint density at radius 1 is 1.11 bits per heavy atom. The molecular formula is C22H16N4O2.